The summed E-state index contributed by atoms with van der Waals surface area (Å²) < 4.78 is 0. The Labute approximate surface area is 45.2 Å². The maximum Gasteiger partial charge on any atom is -0.00401 e. The van der Waals surface area contributed by atoms with E-state index in [9.17, 15) is 0 Å². The Morgan fingerprint density at radius 3 is 2.43 bits per heavy atom. The molecule has 0 spiro atoms. The van der Waals surface area contributed by atoms with Gasteiger partial charge in [-0.3, -0.25) is 0 Å². The molecule has 0 aromatic carbocycles. The van der Waals surface area contributed by atoms with Crippen molar-refractivity contribution in [1.29, 1.82) is 0 Å². The number of allylic oxidation sites excluding steroid dienone is 1. The molecule has 0 aliphatic rings. The topological polar surface area (TPSA) is 26.0 Å². The van der Waals surface area contributed by atoms with Gasteiger partial charge in [-0.15, -0.1) is 0 Å². The lowest BCUT2D eigenvalue weighted by Crippen LogP contribution is -1.97. The normalized spacial score (nSPS) is 12.1. The Morgan fingerprint density at radius 2 is 2.29 bits per heavy atom. The zero-order valence-electron chi connectivity index (χ0n) is 5.07. The lowest BCUT2D eigenvalue weighted by molar-refractivity contribution is 0.947. The molecule has 1 nitrogen and oxygen atoms in total. The van der Waals surface area contributed by atoms with Gasteiger partial charge in [-0.25, -0.2) is 0 Å². The van der Waals surface area contributed by atoms with Crippen molar-refractivity contribution in [3.63, 3.8) is 0 Å². The van der Waals surface area contributed by atoms with Crippen molar-refractivity contribution in [1.82, 2.24) is 0 Å². The quantitative estimate of drug-likeness (QED) is 0.519. The molecule has 0 bridgehead atoms. The van der Waals surface area contributed by atoms with Crippen LogP contribution in [-0.2, 0) is 0 Å². The summed E-state index contributed by atoms with van der Waals surface area (Å²) in [7, 11) is 0. The highest BCUT2D eigenvalue weighted by molar-refractivity contribution is 4.94. The Bertz CT molecular complexity index is 64.6. The van der Waals surface area contributed by atoms with Gasteiger partial charge in [0.2, 0.25) is 0 Å². The molecule has 0 atom stereocenters. The summed E-state index contributed by atoms with van der Waals surface area (Å²) in [6.45, 7) is 4.90. The van der Waals surface area contributed by atoms with Gasteiger partial charge in [0.15, 0.2) is 0 Å². The smallest absolute Gasteiger partial charge is 0.00401 e. The molecule has 0 heterocycles. The second kappa shape index (κ2) is 3.88. The Balaban J connectivity index is 3.17. The fourth-order valence-corrected chi connectivity index (χ4v) is 0.372. The average Bonchev–Trinajstić information content (AvgIpc) is 1.68. The van der Waals surface area contributed by atoms with Gasteiger partial charge in [0.05, 0.1) is 0 Å². The first kappa shape index (κ1) is 6.70. The predicted molar refractivity (Wildman–Crippen MR) is 33.1 cm³/mol. The Morgan fingerprint density at radius 1 is 1.71 bits per heavy atom. The molecule has 0 fully saturated rings. The summed E-state index contributed by atoms with van der Waals surface area (Å²) >= 11 is 0. The lowest BCUT2D eigenvalue weighted by atomic mass is 10.2. The van der Waals surface area contributed by atoms with E-state index >= 15 is 0 Å². The molecule has 0 aliphatic heterocycles. The van der Waals surface area contributed by atoms with E-state index in [0.29, 0.717) is 0 Å². The van der Waals surface area contributed by atoms with Gasteiger partial charge >= 0.3 is 0 Å². The van der Waals surface area contributed by atoms with E-state index < -0.39 is 0 Å². The second-order valence-electron chi connectivity index (χ2n) is 1.67. The van der Waals surface area contributed by atoms with E-state index in [0.717, 1.165) is 13.0 Å². The van der Waals surface area contributed by atoms with E-state index in [2.05, 4.69) is 13.0 Å². The fraction of sp³-hybridized carbons (Fsp3) is 0.667. The third-order valence-corrected chi connectivity index (χ3v) is 1.03. The minimum atomic E-state index is 0.774. The zero-order valence-corrected chi connectivity index (χ0v) is 5.07. The molecular formula is C6H13N. The number of hydrogen-bond acceptors (Lipinski definition) is 1. The zero-order chi connectivity index (χ0) is 5.70. The van der Waals surface area contributed by atoms with Crippen molar-refractivity contribution in [2.45, 2.75) is 20.3 Å². The molecule has 0 saturated heterocycles. The van der Waals surface area contributed by atoms with Crippen LogP contribution in [0.2, 0.25) is 0 Å². The average molecular weight is 99.2 g/mol. The van der Waals surface area contributed by atoms with Crippen LogP contribution in [0.1, 0.15) is 20.3 Å². The van der Waals surface area contributed by atoms with Crippen LogP contribution in [0.15, 0.2) is 11.6 Å². The van der Waals surface area contributed by atoms with Gasteiger partial charge in [0, 0.05) is 0 Å². The number of nitrogens with two attached hydrogens (primary N) is 1. The van der Waals surface area contributed by atoms with Crippen molar-refractivity contribution in [3.05, 3.63) is 11.6 Å². The first-order chi connectivity index (χ1) is 3.31. The van der Waals surface area contributed by atoms with Gasteiger partial charge < -0.3 is 5.73 Å². The molecule has 0 unspecified atom stereocenters. The largest absolute Gasteiger partial charge is 0.330 e. The molecule has 1 heteroatoms. The summed E-state index contributed by atoms with van der Waals surface area (Å²) in [6.07, 6.45) is 3.13. The third kappa shape index (κ3) is 3.53. The van der Waals surface area contributed by atoms with Crippen LogP contribution >= 0.6 is 0 Å². The summed E-state index contributed by atoms with van der Waals surface area (Å²) in [6, 6.07) is 0. The van der Waals surface area contributed by atoms with E-state index in [1.54, 1.807) is 0 Å². The number of rotatable bonds is 2. The van der Waals surface area contributed by atoms with E-state index in [-0.39, 0.29) is 0 Å². The minimum absolute atomic E-state index is 0.774. The molecule has 0 saturated carbocycles. The standard InChI is InChI=1S/C6H13N/c1-3-6(2)4-5-7/h3H,4-5,7H2,1-2H3. The predicted octanol–water partition coefficient (Wildman–Crippen LogP) is 1.30. The monoisotopic (exact) mass is 99.1 g/mol. The molecule has 0 aromatic heterocycles. The van der Waals surface area contributed by atoms with Gasteiger partial charge in [-0.2, -0.15) is 0 Å². The molecule has 7 heavy (non-hydrogen) atoms. The highest BCUT2D eigenvalue weighted by Gasteiger charge is 1.79. The van der Waals surface area contributed by atoms with Gasteiger partial charge in [0.1, 0.15) is 0 Å². The molecular weight excluding hydrogens is 86.1 g/mol. The first-order valence-corrected chi connectivity index (χ1v) is 2.63. The summed E-state index contributed by atoms with van der Waals surface area (Å²) in [5, 5.41) is 0. The summed E-state index contributed by atoms with van der Waals surface area (Å²) in [4.78, 5) is 0. The van der Waals surface area contributed by atoms with Crippen LogP contribution < -0.4 is 5.73 Å². The summed E-state index contributed by atoms with van der Waals surface area (Å²) in [5.41, 5.74) is 6.64. The SMILES string of the molecule is CC=C(C)CCN. The van der Waals surface area contributed by atoms with Gasteiger partial charge in [-0.1, -0.05) is 11.6 Å². The van der Waals surface area contributed by atoms with Crippen LogP contribution in [0.4, 0.5) is 0 Å². The molecule has 0 radical (unpaired) electrons. The van der Waals surface area contributed by atoms with E-state index in [4.69, 9.17) is 5.73 Å². The van der Waals surface area contributed by atoms with E-state index in [1.807, 2.05) is 6.92 Å². The molecule has 0 aromatic rings. The van der Waals surface area contributed by atoms with Crippen molar-refractivity contribution >= 4 is 0 Å². The molecule has 42 valence electrons. The van der Waals surface area contributed by atoms with Crippen LogP contribution in [0.5, 0.6) is 0 Å². The van der Waals surface area contributed by atoms with E-state index in [1.165, 1.54) is 5.57 Å². The third-order valence-electron chi connectivity index (χ3n) is 1.03. The maximum absolute atomic E-state index is 5.26. The molecule has 2 N–H and O–H groups in total. The second-order valence-corrected chi connectivity index (χ2v) is 1.67. The van der Waals surface area contributed by atoms with Crippen LogP contribution in [0, 0.1) is 0 Å². The fourth-order valence-electron chi connectivity index (χ4n) is 0.372. The number of hydrogen-bond donors (Lipinski definition) is 1. The highest BCUT2D eigenvalue weighted by atomic mass is 14.5. The Hall–Kier alpha value is -0.300. The Kier molecular flexibility index (Phi) is 3.71. The van der Waals surface area contributed by atoms with Crippen molar-refractivity contribution < 1.29 is 0 Å². The minimum Gasteiger partial charge on any atom is -0.330 e. The molecule has 0 aliphatic carbocycles. The highest BCUT2D eigenvalue weighted by Crippen LogP contribution is 1.94. The first-order valence-electron chi connectivity index (χ1n) is 2.63. The van der Waals surface area contributed by atoms with Crippen LogP contribution in [0.3, 0.4) is 0 Å². The van der Waals surface area contributed by atoms with Crippen molar-refractivity contribution in [2.24, 2.45) is 5.73 Å². The summed E-state index contributed by atoms with van der Waals surface area (Å²) in [5.74, 6) is 0. The molecule has 0 amide bonds. The maximum atomic E-state index is 5.26. The van der Waals surface area contributed by atoms with Crippen LogP contribution in [0.25, 0.3) is 0 Å². The van der Waals surface area contributed by atoms with Crippen molar-refractivity contribution in [2.75, 3.05) is 6.54 Å². The van der Waals surface area contributed by atoms with Crippen LogP contribution in [-0.4, -0.2) is 6.54 Å². The van der Waals surface area contributed by atoms with Crippen molar-refractivity contribution in [3.8, 4) is 0 Å². The molecule has 0 rings (SSSR count). The van der Waals surface area contributed by atoms with Gasteiger partial charge in [0.25, 0.3) is 0 Å². The lowest BCUT2D eigenvalue weighted by Gasteiger charge is -1.91. The van der Waals surface area contributed by atoms with Gasteiger partial charge in [-0.05, 0) is 26.8 Å².